The Labute approximate surface area is 90.9 Å². The van der Waals surface area contributed by atoms with Crippen molar-refractivity contribution in [3.63, 3.8) is 0 Å². The minimum absolute atomic E-state index is 0.0478. The van der Waals surface area contributed by atoms with E-state index in [-0.39, 0.29) is 16.7 Å². The van der Waals surface area contributed by atoms with Crippen molar-refractivity contribution in [1.29, 1.82) is 0 Å². The average Bonchev–Trinajstić information content (AvgIpc) is 1.96. The number of carboxylic acids is 1. The van der Waals surface area contributed by atoms with Crippen molar-refractivity contribution in [2.24, 2.45) is 16.7 Å². The van der Waals surface area contributed by atoms with Gasteiger partial charge in [-0.2, -0.15) is 0 Å². The lowest BCUT2D eigenvalue weighted by Crippen LogP contribution is -2.39. The standard InChI is InChI=1S/C12H21FO2/c1-11(2)5-8(9(13)10(14)15)6-12(3,4)7-11/h8-9H,5-7H2,1-4H3,(H,14,15). The highest BCUT2D eigenvalue weighted by Crippen LogP contribution is 2.49. The summed E-state index contributed by atoms with van der Waals surface area (Å²) in [5.41, 5.74) is 0.0956. The molecule has 1 saturated carbocycles. The first kappa shape index (κ1) is 12.5. The molecule has 88 valence electrons. The third-order valence-corrected chi connectivity index (χ3v) is 3.24. The van der Waals surface area contributed by atoms with Gasteiger partial charge in [-0.15, -0.1) is 0 Å². The zero-order chi connectivity index (χ0) is 11.9. The predicted octanol–water partition coefficient (Wildman–Crippen LogP) is 3.26. The van der Waals surface area contributed by atoms with Crippen molar-refractivity contribution >= 4 is 5.97 Å². The van der Waals surface area contributed by atoms with E-state index in [1.165, 1.54) is 0 Å². The third-order valence-electron chi connectivity index (χ3n) is 3.24. The van der Waals surface area contributed by atoms with Crippen molar-refractivity contribution in [2.45, 2.75) is 53.1 Å². The quantitative estimate of drug-likeness (QED) is 0.769. The molecule has 0 aromatic rings. The number of aliphatic carboxylic acids is 1. The molecule has 0 aromatic carbocycles. The van der Waals surface area contributed by atoms with Crippen LogP contribution in [0.5, 0.6) is 0 Å². The van der Waals surface area contributed by atoms with Crippen LogP contribution in [-0.2, 0) is 4.79 Å². The van der Waals surface area contributed by atoms with Crippen LogP contribution >= 0.6 is 0 Å². The fourth-order valence-electron chi connectivity index (χ4n) is 3.34. The molecule has 1 fully saturated rings. The summed E-state index contributed by atoms with van der Waals surface area (Å²) in [4.78, 5) is 10.6. The van der Waals surface area contributed by atoms with E-state index in [4.69, 9.17) is 5.11 Å². The number of carboxylic acid groups (broad SMARTS) is 1. The molecule has 1 unspecified atom stereocenters. The van der Waals surface area contributed by atoms with Crippen LogP contribution in [0.2, 0.25) is 0 Å². The Balaban J connectivity index is 2.79. The molecule has 0 saturated heterocycles. The molecule has 0 heterocycles. The Bertz CT molecular complexity index is 242. The first-order valence-corrected chi connectivity index (χ1v) is 5.50. The van der Waals surface area contributed by atoms with Gasteiger partial charge in [-0.1, -0.05) is 27.7 Å². The lowest BCUT2D eigenvalue weighted by atomic mass is 9.60. The van der Waals surface area contributed by atoms with Crippen LogP contribution in [0.4, 0.5) is 4.39 Å². The third kappa shape index (κ3) is 3.18. The second-order valence-corrected chi connectivity index (χ2v) is 6.41. The van der Waals surface area contributed by atoms with Crippen LogP contribution in [0.3, 0.4) is 0 Å². The Morgan fingerprint density at radius 2 is 1.67 bits per heavy atom. The zero-order valence-corrected chi connectivity index (χ0v) is 10.0. The Hall–Kier alpha value is -0.600. The summed E-state index contributed by atoms with van der Waals surface area (Å²) < 4.78 is 13.5. The summed E-state index contributed by atoms with van der Waals surface area (Å²) in [7, 11) is 0. The van der Waals surface area contributed by atoms with E-state index >= 15 is 0 Å². The van der Waals surface area contributed by atoms with Crippen LogP contribution in [0.15, 0.2) is 0 Å². The van der Waals surface area contributed by atoms with E-state index in [0.717, 1.165) is 6.42 Å². The minimum Gasteiger partial charge on any atom is -0.479 e. The molecular weight excluding hydrogens is 195 g/mol. The molecule has 0 bridgehead atoms. The molecular formula is C12H21FO2. The molecule has 1 N–H and O–H groups in total. The van der Waals surface area contributed by atoms with Gasteiger partial charge in [0.05, 0.1) is 0 Å². The van der Waals surface area contributed by atoms with E-state index < -0.39 is 12.1 Å². The maximum absolute atomic E-state index is 13.5. The lowest BCUT2D eigenvalue weighted by Gasteiger charge is -2.45. The monoisotopic (exact) mass is 216 g/mol. The second-order valence-electron chi connectivity index (χ2n) is 6.41. The van der Waals surface area contributed by atoms with Crippen LogP contribution < -0.4 is 0 Å². The van der Waals surface area contributed by atoms with Crippen LogP contribution in [0, 0.1) is 16.7 Å². The predicted molar refractivity (Wildman–Crippen MR) is 57.4 cm³/mol. The van der Waals surface area contributed by atoms with Crippen molar-refractivity contribution in [1.82, 2.24) is 0 Å². The highest BCUT2D eigenvalue weighted by molar-refractivity contribution is 5.72. The van der Waals surface area contributed by atoms with Crippen molar-refractivity contribution in [3.05, 3.63) is 0 Å². The Kier molecular flexibility index (Phi) is 3.13. The molecule has 1 atom stereocenters. The zero-order valence-electron chi connectivity index (χ0n) is 10.0. The molecule has 15 heavy (non-hydrogen) atoms. The van der Waals surface area contributed by atoms with Gasteiger partial charge in [-0.05, 0) is 30.1 Å². The molecule has 0 spiro atoms. The van der Waals surface area contributed by atoms with Crippen LogP contribution in [0.25, 0.3) is 0 Å². The van der Waals surface area contributed by atoms with E-state index in [1.54, 1.807) is 0 Å². The molecule has 3 heteroatoms. The first-order chi connectivity index (χ1) is 6.63. The van der Waals surface area contributed by atoms with Gasteiger partial charge in [0.2, 0.25) is 0 Å². The first-order valence-electron chi connectivity index (χ1n) is 5.50. The summed E-state index contributed by atoms with van der Waals surface area (Å²) in [6, 6.07) is 0. The smallest absolute Gasteiger partial charge is 0.338 e. The summed E-state index contributed by atoms with van der Waals surface area (Å²) in [5, 5.41) is 8.70. The minimum atomic E-state index is -1.70. The second kappa shape index (κ2) is 3.76. The topological polar surface area (TPSA) is 37.3 Å². The summed E-state index contributed by atoms with van der Waals surface area (Å²) in [6.45, 7) is 8.37. The van der Waals surface area contributed by atoms with Crippen molar-refractivity contribution in [2.75, 3.05) is 0 Å². The molecule has 0 aliphatic heterocycles. The van der Waals surface area contributed by atoms with Gasteiger partial charge in [0.15, 0.2) is 6.17 Å². The van der Waals surface area contributed by atoms with Crippen LogP contribution in [0.1, 0.15) is 47.0 Å². The number of hydrogen-bond acceptors (Lipinski definition) is 1. The summed E-state index contributed by atoms with van der Waals surface area (Å²) in [6.07, 6.45) is 0.667. The van der Waals surface area contributed by atoms with Gasteiger partial charge in [0.1, 0.15) is 0 Å². The Morgan fingerprint density at radius 3 is 2.00 bits per heavy atom. The van der Waals surface area contributed by atoms with Gasteiger partial charge in [-0.3, -0.25) is 0 Å². The molecule has 1 aliphatic carbocycles. The molecule has 1 aliphatic rings. The van der Waals surface area contributed by atoms with Gasteiger partial charge in [-0.25, -0.2) is 9.18 Å². The molecule has 2 nitrogen and oxygen atoms in total. The molecule has 0 radical (unpaired) electrons. The summed E-state index contributed by atoms with van der Waals surface area (Å²) >= 11 is 0. The molecule has 0 aromatic heterocycles. The number of halogens is 1. The summed E-state index contributed by atoms with van der Waals surface area (Å²) in [5.74, 6) is -1.64. The fourth-order valence-corrected chi connectivity index (χ4v) is 3.34. The van der Waals surface area contributed by atoms with Gasteiger partial charge >= 0.3 is 5.97 Å². The number of hydrogen-bond donors (Lipinski definition) is 1. The Morgan fingerprint density at radius 1 is 1.27 bits per heavy atom. The normalized spacial score (nSPS) is 27.3. The molecule has 1 rings (SSSR count). The molecule has 0 amide bonds. The SMILES string of the molecule is CC1(C)CC(C(F)C(=O)O)CC(C)(C)C1. The maximum Gasteiger partial charge on any atom is 0.338 e. The van der Waals surface area contributed by atoms with Crippen molar-refractivity contribution < 1.29 is 14.3 Å². The largest absolute Gasteiger partial charge is 0.479 e. The van der Waals surface area contributed by atoms with E-state index in [9.17, 15) is 9.18 Å². The number of rotatable bonds is 2. The lowest BCUT2D eigenvalue weighted by molar-refractivity contribution is -0.147. The van der Waals surface area contributed by atoms with Gasteiger partial charge in [0.25, 0.3) is 0 Å². The highest BCUT2D eigenvalue weighted by Gasteiger charge is 2.43. The van der Waals surface area contributed by atoms with Gasteiger partial charge in [0, 0.05) is 5.92 Å². The van der Waals surface area contributed by atoms with Crippen LogP contribution in [-0.4, -0.2) is 17.2 Å². The number of carbonyl (C=O) groups is 1. The highest BCUT2D eigenvalue weighted by atomic mass is 19.1. The van der Waals surface area contributed by atoms with E-state index in [0.29, 0.717) is 12.8 Å². The van der Waals surface area contributed by atoms with E-state index in [2.05, 4.69) is 27.7 Å². The average molecular weight is 216 g/mol. The van der Waals surface area contributed by atoms with Crippen molar-refractivity contribution in [3.8, 4) is 0 Å². The maximum atomic E-state index is 13.5. The van der Waals surface area contributed by atoms with E-state index in [1.807, 2.05) is 0 Å². The number of alkyl halides is 1. The van der Waals surface area contributed by atoms with Gasteiger partial charge < -0.3 is 5.11 Å². The fraction of sp³-hybridized carbons (Fsp3) is 0.917.